The zero-order valence-electron chi connectivity index (χ0n) is 21.2. The van der Waals surface area contributed by atoms with Gasteiger partial charge in [0.05, 0.1) is 23.9 Å². The van der Waals surface area contributed by atoms with Crippen molar-refractivity contribution in [2.45, 2.75) is 59.5 Å². The smallest absolute Gasteiger partial charge is 0.341 e. The van der Waals surface area contributed by atoms with Crippen LogP contribution in [-0.2, 0) is 27.1 Å². The molecule has 36 heavy (non-hydrogen) atoms. The molecule has 0 spiro atoms. The number of nitrogens with zero attached hydrogens (tertiary/aromatic N) is 1. The normalized spacial score (nSPS) is 15.6. The first kappa shape index (κ1) is 25.6. The summed E-state index contributed by atoms with van der Waals surface area (Å²) in [4.78, 5) is 47.2. The Morgan fingerprint density at radius 2 is 1.92 bits per heavy atom. The molecule has 0 bridgehead atoms. The summed E-state index contributed by atoms with van der Waals surface area (Å²) >= 11 is 1.40. The largest absolute Gasteiger partial charge is 0.465 e. The van der Waals surface area contributed by atoms with E-state index in [1.54, 1.807) is 31.2 Å². The summed E-state index contributed by atoms with van der Waals surface area (Å²) in [5, 5.41) is 3.29. The first-order valence-corrected chi connectivity index (χ1v) is 12.9. The number of rotatable bonds is 7. The molecule has 0 saturated heterocycles. The van der Waals surface area contributed by atoms with Crippen LogP contribution in [0, 0.1) is 19.8 Å². The van der Waals surface area contributed by atoms with Gasteiger partial charge in [0.1, 0.15) is 10.8 Å². The molecule has 1 aliphatic carbocycles. The molecule has 1 aliphatic rings. The lowest BCUT2D eigenvalue weighted by Crippen LogP contribution is -2.32. The highest BCUT2D eigenvalue weighted by atomic mass is 32.1. The van der Waals surface area contributed by atoms with E-state index in [4.69, 9.17) is 9.47 Å². The Hall–Kier alpha value is -3.46. The van der Waals surface area contributed by atoms with Crippen LogP contribution < -0.4 is 5.32 Å². The molecule has 2 N–H and O–H groups in total. The lowest BCUT2D eigenvalue weighted by molar-refractivity contribution is -0.124. The van der Waals surface area contributed by atoms with Gasteiger partial charge in [-0.25, -0.2) is 14.6 Å². The Morgan fingerprint density at radius 3 is 2.53 bits per heavy atom. The Labute approximate surface area is 214 Å². The zero-order chi connectivity index (χ0) is 26.0. The van der Waals surface area contributed by atoms with Crippen molar-refractivity contribution in [1.29, 1.82) is 0 Å². The van der Waals surface area contributed by atoms with Crippen LogP contribution >= 0.6 is 11.3 Å². The third-order valence-electron chi connectivity index (χ3n) is 6.57. The number of thiophene rings is 1. The van der Waals surface area contributed by atoms with Gasteiger partial charge in [-0.05, 0) is 63.1 Å². The molecule has 2 atom stereocenters. The fourth-order valence-corrected chi connectivity index (χ4v) is 5.72. The van der Waals surface area contributed by atoms with E-state index >= 15 is 0 Å². The fourth-order valence-electron chi connectivity index (χ4n) is 4.32. The number of anilines is 1. The number of imidazole rings is 1. The molecule has 8 nitrogen and oxygen atoms in total. The first-order chi connectivity index (χ1) is 17.2. The van der Waals surface area contributed by atoms with Gasteiger partial charge in [-0.15, -0.1) is 11.3 Å². The number of aromatic amines is 1. The van der Waals surface area contributed by atoms with Gasteiger partial charge in [0, 0.05) is 16.1 Å². The number of hydrogen-bond acceptors (Lipinski definition) is 7. The van der Waals surface area contributed by atoms with Crippen molar-refractivity contribution >= 4 is 34.2 Å². The van der Waals surface area contributed by atoms with Crippen molar-refractivity contribution in [2.75, 3.05) is 12.4 Å². The summed E-state index contributed by atoms with van der Waals surface area (Å²) < 4.78 is 10.5. The van der Waals surface area contributed by atoms with Crippen LogP contribution in [0.2, 0.25) is 0 Å². The molecule has 1 aromatic carbocycles. The van der Waals surface area contributed by atoms with E-state index in [0.29, 0.717) is 22.0 Å². The van der Waals surface area contributed by atoms with Crippen molar-refractivity contribution in [3.63, 3.8) is 0 Å². The van der Waals surface area contributed by atoms with Gasteiger partial charge in [-0.1, -0.05) is 26.0 Å². The van der Waals surface area contributed by atoms with E-state index in [9.17, 15) is 14.4 Å². The quantitative estimate of drug-likeness (QED) is 0.422. The van der Waals surface area contributed by atoms with E-state index in [1.807, 2.05) is 13.8 Å². The summed E-state index contributed by atoms with van der Waals surface area (Å²) in [5.41, 5.74) is 4.45. The highest BCUT2D eigenvalue weighted by Crippen LogP contribution is 2.40. The average molecular weight is 510 g/mol. The van der Waals surface area contributed by atoms with Crippen LogP contribution in [0.25, 0.3) is 11.4 Å². The van der Waals surface area contributed by atoms with Crippen molar-refractivity contribution in [1.82, 2.24) is 9.97 Å². The number of ether oxygens (including phenoxy) is 2. The second-order valence-corrected chi connectivity index (χ2v) is 10.3. The minimum absolute atomic E-state index is 0.288. The summed E-state index contributed by atoms with van der Waals surface area (Å²) in [7, 11) is 1.33. The molecular formula is C27H31N3O5S. The molecule has 190 valence electrons. The number of nitrogens with one attached hydrogen (secondary N) is 2. The number of hydrogen-bond donors (Lipinski definition) is 2. The van der Waals surface area contributed by atoms with Gasteiger partial charge in [0.15, 0.2) is 6.10 Å². The molecule has 4 rings (SSSR count). The van der Waals surface area contributed by atoms with Crippen LogP contribution in [0.15, 0.2) is 24.3 Å². The molecule has 9 heteroatoms. The maximum atomic E-state index is 13.1. The molecule has 0 aliphatic heterocycles. The predicted octanol–water partition coefficient (Wildman–Crippen LogP) is 5.24. The standard InChI is InChI=1S/C27H31N3O5S/c1-6-20(35-26(32)18-10-8-17(9-11-18)23-28-15(3)16(4)29-23)24(31)30-25-22(27(33)34-5)19-12-7-14(2)13-21(19)36-25/h8-11,14,20H,6-7,12-13H2,1-5H3,(H,28,29)(H,30,31). The molecular weight excluding hydrogens is 478 g/mol. The van der Waals surface area contributed by atoms with Crippen LogP contribution in [0.5, 0.6) is 0 Å². The Kier molecular flexibility index (Phi) is 7.59. The second-order valence-electron chi connectivity index (χ2n) is 9.21. The monoisotopic (exact) mass is 509 g/mol. The maximum absolute atomic E-state index is 13.1. The number of fused-ring (bicyclic) bond motifs is 1. The molecule has 2 heterocycles. The Balaban J connectivity index is 1.47. The summed E-state index contributed by atoms with van der Waals surface area (Å²) in [5.74, 6) is -0.292. The molecule has 1 amide bonds. The third kappa shape index (κ3) is 5.21. The summed E-state index contributed by atoms with van der Waals surface area (Å²) in [6.07, 6.45) is 1.90. The minimum atomic E-state index is -1.00. The van der Waals surface area contributed by atoms with Crippen LogP contribution in [0.3, 0.4) is 0 Å². The number of carbonyl (C=O) groups excluding carboxylic acids is 3. The molecule has 0 radical (unpaired) electrons. The number of aryl methyl sites for hydroxylation is 2. The number of esters is 2. The van der Waals surface area contributed by atoms with Crippen LogP contribution in [0.1, 0.15) is 69.2 Å². The van der Waals surface area contributed by atoms with Crippen molar-refractivity contribution in [3.8, 4) is 11.4 Å². The van der Waals surface area contributed by atoms with E-state index < -0.39 is 23.9 Å². The van der Waals surface area contributed by atoms with Crippen molar-refractivity contribution < 1.29 is 23.9 Å². The van der Waals surface area contributed by atoms with Gasteiger partial charge in [-0.3, -0.25) is 4.79 Å². The molecule has 2 unspecified atom stereocenters. The highest BCUT2D eigenvalue weighted by molar-refractivity contribution is 7.17. The molecule has 0 fully saturated rings. The highest BCUT2D eigenvalue weighted by Gasteiger charge is 2.31. The van der Waals surface area contributed by atoms with Crippen molar-refractivity contribution in [2.24, 2.45) is 5.92 Å². The summed E-state index contributed by atoms with van der Waals surface area (Å²) in [6, 6.07) is 6.88. The average Bonchev–Trinajstić information content (AvgIpc) is 3.39. The van der Waals surface area contributed by atoms with Gasteiger partial charge in [0.25, 0.3) is 5.91 Å². The third-order valence-corrected chi connectivity index (χ3v) is 7.74. The number of methoxy groups -OCH3 is 1. The number of H-pyrrole nitrogens is 1. The maximum Gasteiger partial charge on any atom is 0.341 e. The van der Waals surface area contributed by atoms with E-state index in [1.165, 1.54) is 18.4 Å². The lowest BCUT2D eigenvalue weighted by atomic mass is 9.88. The van der Waals surface area contributed by atoms with Crippen LogP contribution in [-0.4, -0.2) is 41.0 Å². The first-order valence-electron chi connectivity index (χ1n) is 12.1. The number of carbonyl (C=O) groups is 3. The van der Waals surface area contributed by atoms with Gasteiger partial charge in [0.2, 0.25) is 0 Å². The topological polar surface area (TPSA) is 110 Å². The number of amides is 1. The number of benzene rings is 1. The zero-order valence-corrected chi connectivity index (χ0v) is 22.0. The number of aromatic nitrogens is 2. The van der Waals surface area contributed by atoms with Gasteiger partial charge >= 0.3 is 11.9 Å². The van der Waals surface area contributed by atoms with E-state index in [2.05, 4.69) is 22.2 Å². The fraction of sp³-hybridized carbons (Fsp3) is 0.407. The molecule has 0 saturated carbocycles. The summed E-state index contributed by atoms with van der Waals surface area (Å²) in [6.45, 7) is 7.82. The van der Waals surface area contributed by atoms with Crippen LogP contribution in [0.4, 0.5) is 5.00 Å². The second kappa shape index (κ2) is 10.7. The lowest BCUT2D eigenvalue weighted by Gasteiger charge is -2.18. The minimum Gasteiger partial charge on any atom is -0.465 e. The molecule has 3 aromatic rings. The van der Waals surface area contributed by atoms with Gasteiger partial charge < -0.3 is 19.8 Å². The molecule has 2 aromatic heterocycles. The predicted molar refractivity (Wildman–Crippen MR) is 138 cm³/mol. The Morgan fingerprint density at radius 1 is 1.19 bits per heavy atom. The van der Waals surface area contributed by atoms with E-state index in [0.717, 1.165) is 52.5 Å². The van der Waals surface area contributed by atoms with E-state index in [-0.39, 0.29) is 6.42 Å². The Bertz CT molecular complexity index is 1270. The SMILES string of the molecule is CCC(OC(=O)c1ccc(-c2nc(C)c(C)[nH]2)cc1)C(=O)Nc1sc2c(c1C(=O)OC)CCC(C)C2. The van der Waals surface area contributed by atoms with Gasteiger partial charge in [-0.2, -0.15) is 0 Å². The van der Waals surface area contributed by atoms with Crippen molar-refractivity contribution in [3.05, 3.63) is 57.2 Å².